The molecular formula is C13H13Cl3N2O. The highest BCUT2D eigenvalue weighted by molar-refractivity contribution is 6.36. The van der Waals surface area contributed by atoms with Gasteiger partial charge in [0, 0.05) is 10.6 Å². The number of aliphatic hydroxyl groups is 1. The standard InChI is InChI=1S/C13H13Cl3N2O/c1-2-3-11-9(7-19)13(16)18(17-11)12-5-4-8(14)6-10(12)15/h4-6,19H,2-3,7H2,1H3. The molecule has 0 amide bonds. The molecule has 0 radical (unpaired) electrons. The van der Waals surface area contributed by atoms with Crippen molar-refractivity contribution >= 4 is 34.8 Å². The molecule has 0 aliphatic carbocycles. The normalized spacial score (nSPS) is 11.0. The Kier molecular flexibility index (Phi) is 4.74. The van der Waals surface area contributed by atoms with Gasteiger partial charge in [0.05, 0.1) is 23.0 Å². The van der Waals surface area contributed by atoms with E-state index in [2.05, 4.69) is 5.10 Å². The van der Waals surface area contributed by atoms with E-state index in [0.29, 0.717) is 26.4 Å². The van der Waals surface area contributed by atoms with E-state index in [4.69, 9.17) is 34.8 Å². The molecule has 0 unspecified atom stereocenters. The lowest BCUT2D eigenvalue weighted by molar-refractivity contribution is 0.280. The predicted molar refractivity (Wildman–Crippen MR) is 78.5 cm³/mol. The third-order valence-corrected chi connectivity index (χ3v) is 3.71. The average Bonchev–Trinajstić information content (AvgIpc) is 2.66. The Balaban J connectivity index is 2.56. The third kappa shape index (κ3) is 2.90. The first kappa shape index (κ1) is 14.7. The summed E-state index contributed by atoms with van der Waals surface area (Å²) in [5.41, 5.74) is 2.09. The Morgan fingerprint density at radius 1 is 1.26 bits per heavy atom. The largest absolute Gasteiger partial charge is 0.391 e. The van der Waals surface area contributed by atoms with Gasteiger partial charge in [-0.3, -0.25) is 0 Å². The summed E-state index contributed by atoms with van der Waals surface area (Å²) in [4.78, 5) is 0. The van der Waals surface area contributed by atoms with Crippen LogP contribution < -0.4 is 0 Å². The van der Waals surface area contributed by atoms with E-state index in [1.54, 1.807) is 18.2 Å². The highest BCUT2D eigenvalue weighted by Crippen LogP contribution is 2.30. The van der Waals surface area contributed by atoms with Gasteiger partial charge in [0.2, 0.25) is 0 Å². The Hall–Kier alpha value is -0.740. The van der Waals surface area contributed by atoms with E-state index in [-0.39, 0.29) is 6.61 Å². The second-order valence-corrected chi connectivity index (χ2v) is 5.33. The van der Waals surface area contributed by atoms with E-state index < -0.39 is 0 Å². The molecule has 0 bridgehead atoms. The maximum absolute atomic E-state index is 9.41. The van der Waals surface area contributed by atoms with Gasteiger partial charge in [0.15, 0.2) is 0 Å². The van der Waals surface area contributed by atoms with Crippen molar-refractivity contribution in [2.75, 3.05) is 0 Å². The number of nitrogens with zero attached hydrogens (tertiary/aromatic N) is 2. The number of aliphatic hydroxyl groups excluding tert-OH is 1. The summed E-state index contributed by atoms with van der Waals surface area (Å²) < 4.78 is 1.54. The summed E-state index contributed by atoms with van der Waals surface area (Å²) >= 11 is 18.3. The van der Waals surface area contributed by atoms with Crippen molar-refractivity contribution in [1.82, 2.24) is 9.78 Å². The van der Waals surface area contributed by atoms with Gasteiger partial charge in [0.1, 0.15) is 5.15 Å². The first-order chi connectivity index (χ1) is 9.08. The first-order valence-electron chi connectivity index (χ1n) is 5.91. The van der Waals surface area contributed by atoms with E-state index in [9.17, 15) is 5.11 Å². The second-order valence-electron chi connectivity index (χ2n) is 4.13. The highest BCUT2D eigenvalue weighted by Gasteiger charge is 2.17. The molecule has 2 rings (SSSR count). The second kappa shape index (κ2) is 6.14. The topological polar surface area (TPSA) is 38.0 Å². The average molecular weight is 320 g/mol. The van der Waals surface area contributed by atoms with Crippen LogP contribution in [-0.2, 0) is 13.0 Å². The van der Waals surface area contributed by atoms with Gasteiger partial charge in [-0.2, -0.15) is 5.10 Å². The molecule has 0 atom stereocenters. The van der Waals surface area contributed by atoms with Crippen molar-refractivity contribution in [1.29, 1.82) is 0 Å². The summed E-state index contributed by atoms with van der Waals surface area (Å²) in [7, 11) is 0. The fourth-order valence-corrected chi connectivity index (χ4v) is 2.66. The van der Waals surface area contributed by atoms with Gasteiger partial charge in [-0.05, 0) is 24.6 Å². The minimum atomic E-state index is -0.140. The van der Waals surface area contributed by atoms with Crippen LogP contribution in [0.2, 0.25) is 15.2 Å². The molecule has 1 N–H and O–H groups in total. The number of benzene rings is 1. The molecule has 0 saturated heterocycles. The summed E-state index contributed by atoms with van der Waals surface area (Å²) in [6, 6.07) is 5.11. The van der Waals surface area contributed by atoms with Gasteiger partial charge in [0.25, 0.3) is 0 Å². The van der Waals surface area contributed by atoms with Gasteiger partial charge >= 0.3 is 0 Å². The maximum Gasteiger partial charge on any atom is 0.138 e. The maximum atomic E-state index is 9.41. The molecule has 6 heteroatoms. The number of aryl methyl sites for hydroxylation is 1. The zero-order valence-electron chi connectivity index (χ0n) is 10.3. The lowest BCUT2D eigenvalue weighted by atomic mass is 10.2. The zero-order valence-corrected chi connectivity index (χ0v) is 12.6. The van der Waals surface area contributed by atoms with Crippen molar-refractivity contribution in [2.45, 2.75) is 26.4 Å². The van der Waals surface area contributed by atoms with Crippen LogP contribution in [0.15, 0.2) is 18.2 Å². The van der Waals surface area contributed by atoms with Crippen molar-refractivity contribution in [3.8, 4) is 5.69 Å². The molecule has 0 aliphatic heterocycles. The van der Waals surface area contributed by atoms with E-state index in [1.807, 2.05) is 6.92 Å². The van der Waals surface area contributed by atoms with Crippen LogP contribution >= 0.6 is 34.8 Å². The fraction of sp³-hybridized carbons (Fsp3) is 0.308. The van der Waals surface area contributed by atoms with Crippen LogP contribution in [0.3, 0.4) is 0 Å². The SMILES string of the molecule is CCCc1nn(-c2ccc(Cl)cc2Cl)c(Cl)c1CO. The molecule has 1 aromatic heterocycles. The van der Waals surface area contributed by atoms with Crippen LogP contribution in [0.4, 0.5) is 0 Å². The Morgan fingerprint density at radius 2 is 2.00 bits per heavy atom. The van der Waals surface area contributed by atoms with Crippen molar-refractivity contribution < 1.29 is 5.11 Å². The summed E-state index contributed by atoms with van der Waals surface area (Å²) in [6.07, 6.45) is 1.68. The van der Waals surface area contributed by atoms with Crippen LogP contribution in [0.1, 0.15) is 24.6 Å². The van der Waals surface area contributed by atoms with Crippen LogP contribution in [-0.4, -0.2) is 14.9 Å². The monoisotopic (exact) mass is 318 g/mol. The molecule has 1 aromatic carbocycles. The minimum absolute atomic E-state index is 0.140. The lowest BCUT2D eigenvalue weighted by Crippen LogP contribution is -1.98. The molecular weight excluding hydrogens is 307 g/mol. The lowest BCUT2D eigenvalue weighted by Gasteiger charge is -2.06. The molecule has 0 aliphatic rings. The number of halogens is 3. The molecule has 2 aromatic rings. The van der Waals surface area contributed by atoms with Gasteiger partial charge in [-0.15, -0.1) is 0 Å². The number of hydrogen-bond donors (Lipinski definition) is 1. The van der Waals surface area contributed by atoms with Crippen LogP contribution in [0.5, 0.6) is 0 Å². The summed E-state index contributed by atoms with van der Waals surface area (Å²) in [5, 5.41) is 15.2. The summed E-state index contributed by atoms with van der Waals surface area (Å²) in [5.74, 6) is 0. The third-order valence-electron chi connectivity index (χ3n) is 2.79. The molecule has 102 valence electrons. The first-order valence-corrected chi connectivity index (χ1v) is 7.04. The number of aromatic nitrogens is 2. The van der Waals surface area contributed by atoms with Gasteiger partial charge < -0.3 is 5.11 Å². The van der Waals surface area contributed by atoms with Crippen LogP contribution in [0, 0.1) is 0 Å². The minimum Gasteiger partial charge on any atom is -0.391 e. The zero-order chi connectivity index (χ0) is 14.0. The Morgan fingerprint density at radius 3 is 2.58 bits per heavy atom. The van der Waals surface area contributed by atoms with E-state index in [0.717, 1.165) is 18.5 Å². The van der Waals surface area contributed by atoms with Gasteiger partial charge in [-0.25, -0.2) is 4.68 Å². The predicted octanol–water partition coefficient (Wildman–Crippen LogP) is 4.28. The smallest absolute Gasteiger partial charge is 0.138 e. The fourth-order valence-electron chi connectivity index (χ4n) is 1.88. The molecule has 0 saturated carbocycles. The van der Waals surface area contributed by atoms with Gasteiger partial charge in [-0.1, -0.05) is 48.1 Å². The van der Waals surface area contributed by atoms with Crippen molar-refractivity contribution in [2.24, 2.45) is 0 Å². The van der Waals surface area contributed by atoms with E-state index in [1.165, 1.54) is 4.68 Å². The number of rotatable bonds is 4. The number of hydrogen-bond acceptors (Lipinski definition) is 2. The molecule has 3 nitrogen and oxygen atoms in total. The van der Waals surface area contributed by atoms with Crippen molar-refractivity contribution in [3.05, 3.63) is 44.7 Å². The molecule has 0 spiro atoms. The Labute approximate surface area is 126 Å². The van der Waals surface area contributed by atoms with E-state index >= 15 is 0 Å². The molecule has 1 heterocycles. The van der Waals surface area contributed by atoms with Crippen molar-refractivity contribution in [3.63, 3.8) is 0 Å². The molecule has 19 heavy (non-hydrogen) atoms. The van der Waals surface area contributed by atoms with Crippen LogP contribution in [0.25, 0.3) is 5.69 Å². The quantitative estimate of drug-likeness (QED) is 0.913. The summed E-state index contributed by atoms with van der Waals surface area (Å²) in [6.45, 7) is 1.91. The Bertz CT molecular complexity index is 596. The highest BCUT2D eigenvalue weighted by atomic mass is 35.5. The molecule has 0 fully saturated rings.